The maximum Gasteiger partial charge on any atom is 0.261 e. The van der Waals surface area contributed by atoms with Gasteiger partial charge in [-0.3, -0.25) is 4.79 Å². The Morgan fingerprint density at radius 2 is 0.986 bits per heavy atom. The van der Waals surface area contributed by atoms with Crippen LogP contribution in [0.25, 0.3) is 6.08 Å². The van der Waals surface area contributed by atoms with Crippen LogP contribution in [0, 0.1) is 5.41 Å². The zero-order chi connectivity index (χ0) is 53.2. The molecule has 0 saturated heterocycles. The molecule has 0 unspecified atom stereocenters. The number of hydrogen-bond donors (Lipinski definition) is 0. The van der Waals surface area contributed by atoms with Crippen LogP contribution >= 0.6 is 11.8 Å². The van der Waals surface area contributed by atoms with Crippen LogP contribution in [-0.4, -0.2) is 49.2 Å². The Morgan fingerprint density at radius 3 is 1.36 bits per heavy atom. The van der Waals surface area contributed by atoms with Crippen molar-refractivity contribution >= 4 is 67.2 Å². The molecular weight excluding hydrogens is 955 g/mol. The smallest absolute Gasteiger partial charge is 0.261 e. The van der Waals surface area contributed by atoms with Crippen LogP contribution in [0.3, 0.4) is 0 Å². The van der Waals surface area contributed by atoms with Crippen LogP contribution in [0.15, 0.2) is 192 Å². The van der Waals surface area contributed by atoms with Gasteiger partial charge in [0.15, 0.2) is 0 Å². The number of benzene rings is 6. The largest absolute Gasteiger partial charge is 0.406 e. The van der Waals surface area contributed by atoms with Crippen molar-refractivity contribution < 1.29 is 13.6 Å². The van der Waals surface area contributed by atoms with E-state index < -0.39 is 16.6 Å². The lowest BCUT2D eigenvalue weighted by Gasteiger charge is -2.44. The van der Waals surface area contributed by atoms with Crippen molar-refractivity contribution in [2.75, 3.05) is 31.2 Å². The summed E-state index contributed by atoms with van der Waals surface area (Å²) in [6, 6.07) is 59.7. The van der Waals surface area contributed by atoms with Gasteiger partial charge in [0.1, 0.15) is 6.29 Å². The minimum atomic E-state index is -2.79. The van der Waals surface area contributed by atoms with E-state index in [1.807, 2.05) is 17.8 Å². The molecule has 0 radical (unpaired) electrons. The first kappa shape index (κ1) is 56.4. The van der Waals surface area contributed by atoms with Crippen LogP contribution in [-0.2, 0) is 19.4 Å². The summed E-state index contributed by atoms with van der Waals surface area (Å²) in [5, 5.41) is 4.85. The molecule has 7 heteroatoms. The van der Waals surface area contributed by atoms with E-state index in [1.165, 1.54) is 47.9 Å². The molecule has 6 aromatic rings. The maximum absolute atomic E-state index is 12.2. The number of anilines is 1. The quantitative estimate of drug-likeness (QED) is 0.0408. The van der Waals surface area contributed by atoms with Crippen molar-refractivity contribution in [2.45, 2.75) is 124 Å². The third kappa shape index (κ3) is 12.9. The number of aldehydes is 1. The molecule has 0 saturated carbocycles. The zero-order valence-corrected chi connectivity index (χ0v) is 49.4. The minimum Gasteiger partial charge on any atom is -0.406 e. The number of carbonyl (C=O) groups is 1. The highest BCUT2D eigenvalue weighted by Gasteiger charge is 2.51. The van der Waals surface area contributed by atoms with E-state index in [0.717, 1.165) is 41.7 Å². The summed E-state index contributed by atoms with van der Waals surface area (Å²) in [6.07, 6.45) is 9.19. The Hall–Kier alpha value is -5.29. The standard InChI is InChI=1S/C67H83NO3SSi2/c1-51(2)61-34-25-35-62(52(3)4)63(61)50-72-64-54(48-67(11,12)49-55(64)42-45-69)39-36-53-37-40-56(41-38-53)68(43-46-70-73(65(5,6)7,57-26-17-13-18-27-57)58-28-19-14-20-29-58)44-47-71-74(66(8,9)10,59-30-21-15-22-31-59)60-32-23-16-24-33-60/h13-42,45,51-52H,43-44,46-50H2,1-12H3/b39-36+,55-42+. The maximum atomic E-state index is 12.2. The summed E-state index contributed by atoms with van der Waals surface area (Å²) in [7, 11) is -5.57. The van der Waals surface area contributed by atoms with Crippen molar-refractivity contribution in [3.8, 4) is 0 Å². The molecule has 0 N–H and O–H groups in total. The average molecular weight is 1040 g/mol. The molecule has 6 aromatic carbocycles. The normalized spacial score (nSPS) is 15.1. The molecule has 74 heavy (non-hydrogen) atoms. The van der Waals surface area contributed by atoms with Crippen LogP contribution in [0.1, 0.15) is 130 Å². The van der Waals surface area contributed by atoms with Crippen molar-refractivity contribution in [3.05, 3.63) is 214 Å². The van der Waals surface area contributed by atoms with E-state index in [9.17, 15) is 4.79 Å². The van der Waals surface area contributed by atoms with Crippen LogP contribution in [0.4, 0.5) is 5.69 Å². The SMILES string of the molecule is CC(C)c1cccc(C(C)C)c1CSC1=C(/C=C/c2ccc(N(CCO[Si](c3ccccc3)(c3ccccc3)C(C)(C)C)CCO[Si](c3ccccc3)(c3ccccc3)C(C)(C)C)cc2)CC(C)(C)C/C1=C\C=O. The van der Waals surface area contributed by atoms with Gasteiger partial charge in [0.05, 0.1) is 13.2 Å². The van der Waals surface area contributed by atoms with Gasteiger partial charge >= 0.3 is 0 Å². The average Bonchev–Trinajstić information content (AvgIpc) is 3.37. The highest BCUT2D eigenvalue weighted by Crippen LogP contribution is 2.48. The summed E-state index contributed by atoms with van der Waals surface area (Å²) in [4.78, 5) is 15.9. The third-order valence-corrected chi connectivity index (χ3v) is 26.3. The lowest BCUT2D eigenvalue weighted by molar-refractivity contribution is -0.104. The Bertz CT molecular complexity index is 2630. The number of nitrogens with zero attached hydrogens (tertiary/aromatic N) is 1. The predicted octanol–water partition coefficient (Wildman–Crippen LogP) is 15.0. The topological polar surface area (TPSA) is 38.8 Å². The fourth-order valence-electron chi connectivity index (χ4n) is 11.5. The van der Waals surface area contributed by atoms with Gasteiger partial charge in [-0.25, -0.2) is 0 Å². The van der Waals surface area contributed by atoms with E-state index in [0.29, 0.717) is 38.1 Å². The van der Waals surface area contributed by atoms with Crippen molar-refractivity contribution in [1.29, 1.82) is 0 Å². The molecule has 1 aliphatic carbocycles. The molecule has 0 bridgehead atoms. The van der Waals surface area contributed by atoms with Gasteiger partial charge in [-0.1, -0.05) is 247 Å². The molecule has 0 amide bonds. The van der Waals surface area contributed by atoms with E-state index in [2.05, 4.69) is 264 Å². The van der Waals surface area contributed by atoms with Crippen molar-refractivity contribution in [1.82, 2.24) is 0 Å². The fraction of sp³-hybridized carbons (Fsp3) is 0.358. The lowest BCUT2D eigenvalue weighted by atomic mass is 9.75. The summed E-state index contributed by atoms with van der Waals surface area (Å²) in [6.45, 7) is 30.4. The summed E-state index contributed by atoms with van der Waals surface area (Å²) in [5.41, 5.74) is 8.98. The minimum absolute atomic E-state index is 0.0227. The van der Waals surface area contributed by atoms with E-state index in [1.54, 1.807) is 0 Å². The molecule has 0 fully saturated rings. The molecule has 0 aliphatic heterocycles. The Balaban J connectivity index is 1.23. The zero-order valence-electron chi connectivity index (χ0n) is 46.6. The first-order valence-corrected chi connectivity index (χ1v) is 31.8. The Kier molecular flexibility index (Phi) is 18.8. The number of allylic oxidation sites excluding steroid dienone is 4. The molecule has 4 nitrogen and oxygen atoms in total. The van der Waals surface area contributed by atoms with Crippen LogP contribution in [0.2, 0.25) is 10.1 Å². The Morgan fingerprint density at radius 1 is 0.568 bits per heavy atom. The molecule has 0 aromatic heterocycles. The van der Waals surface area contributed by atoms with Gasteiger partial charge in [-0.05, 0) is 113 Å². The van der Waals surface area contributed by atoms with Gasteiger partial charge in [-0.2, -0.15) is 0 Å². The molecule has 388 valence electrons. The second-order valence-corrected chi connectivity index (χ2v) is 33.2. The summed E-state index contributed by atoms with van der Waals surface area (Å²) >= 11 is 1.90. The van der Waals surface area contributed by atoms with Crippen LogP contribution in [0.5, 0.6) is 0 Å². The third-order valence-electron chi connectivity index (χ3n) is 15.0. The van der Waals surface area contributed by atoms with E-state index >= 15 is 0 Å². The van der Waals surface area contributed by atoms with E-state index in [-0.39, 0.29) is 15.5 Å². The number of thioether (sulfide) groups is 1. The first-order chi connectivity index (χ1) is 35.3. The molecule has 7 rings (SSSR count). The second-order valence-electron chi connectivity index (χ2n) is 23.6. The molecule has 1 aliphatic rings. The van der Waals surface area contributed by atoms with Crippen molar-refractivity contribution in [3.63, 3.8) is 0 Å². The molecule has 0 spiro atoms. The van der Waals surface area contributed by atoms with Gasteiger partial charge in [0.25, 0.3) is 16.6 Å². The summed E-state index contributed by atoms with van der Waals surface area (Å²) in [5.74, 6) is 1.73. The molecule has 0 heterocycles. The monoisotopic (exact) mass is 1040 g/mol. The highest BCUT2D eigenvalue weighted by molar-refractivity contribution is 8.02. The van der Waals surface area contributed by atoms with Crippen molar-refractivity contribution in [2.24, 2.45) is 5.41 Å². The fourth-order valence-corrected chi connectivity index (χ4v) is 21.9. The molecular formula is C67H83NO3SSi2. The van der Waals surface area contributed by atoms with Gasteiger partial charge in [0, 0.05) is 29.4 Å². The molecule has 0 atom stereocenters. The van der Waals surface area contributed by atoms with E-state index in [4.69, 9.17) is 8.85 Å². The van der Waals surface area contributed by atoms with Crippen LogP contribution < -0.4 is 25.6 Å². The van der Waals surface area contributed by atoms with Gasteiger partial charge in [-0.15, -0.1) is 11.8 Å². The van der Waals surface area contributed by atoms with Gasteiger partial charge in [0.2, 0.25) is 0 Å². The lowest BCUT2D eigenvalue weighted by Crippen LogP contribution is -2.67. The number of hydrogen-bond acceptors (Lipinski definition) is 5. The highest BCUT2D eigenvalue weighted by atomic mass is 32.2. The Labute approximate surface area is 452 Å². The first-order valence-electron chi connectivity index (χ1n) is 27.0. The number of carbonyl (C=O) groups excluding carboxylic acids is 1. The summed E-state index contributed by atoms with van der Waals surface area (Å²) < 4.78 is 15.1. The predicted molar refractivity (Wildman–Crippen MR) is 325 cm³/mol. The second kappa shape index (κ2) is 24.6. The number of rotatable bonds is 21. The van der Waals surface area contributed by atoms with Gasteiger partial charge < -0.3 is 13.8 Å².